The van der Waals surface area contributed by atoms with E-state index in [2.05, 4.69) is 15.8 Å². The van der Waals surface area contributed by atoms with Crippen LogP contribution >= 0.6 is 0 Å². The molecule has 162 valence electrons. The number of nitrogens with one attached hydrogen (secondary N) is 2. The first-order chi connectivity index (χ1) is 15.6. The second-order valence-corrected chi connectivity index (χ2v) is 9.18. The average Bonchev–Trinajstić information content (AvgIpc) is 2.84. The van der Waals surface area contributed by atoms with E-state index in [1.165, 1.54) is 10.5 Å². The normalized spacial score (nSPS) is 11.3. The largest absolute Gasteiger partial charge is 0.300 e. The first-order valence-corrected chi connectivity index (χ1v) is 11.7. The lowest BCUT2D eigenvalue weighted by atomic mass is 10.2. The highest BCUT2D eigenvalue weighted by atomic mass is 32.2. The number of rotatable bonds is 9. The maximum Gasteiger partial charge on any atom is 0.245 e. The summed E-state index contributed by atoms with van der Waals surface area (Å²) >= 11 is 0. The molecule has 3 aromatic carbocycles. The molecule has 0 radical (unpaired) electrons. The zero-order valence-electron chi connectivity index (χ0n) is 17.4. The van der Waals surface area contributed by atoms with Crippen molar-refractivity contribution in [1.29, 1.82) is 0 Å². The molecule has 0 unspecified atom stereocenters. The Morgan fingerprint density at radius 2 is 1.19 bits per heavy atom. The van der Waals surface area contributed by atoms with Gasteiger partial charge in [-0.1, -0.05) is 78.9 Å². The van der Waals surface area contributed by atoms with Crippen LogP contribution in [0.5, 0.6) is 0 Å². The lowest BCUT2D eigenvalue weighted by Gasteiger charge is -2.22. The number of hydrazine groups is 1. The van der Waals surface area contributed by atoms with Crippen LogP contribution in [0.15, 0.2) is 114 Å². The van der Waals surface area contributed by atoms with Gasteiger partial charge in [0.05, 0.1) is 5.69 Å². The third-order valence-electron chi connectivity index (χ3n) is 4.89. The van der Waals surface area contributed by atoms with Crippen molar-refractivity contribution in [1.82, 2.24) is 9.29 Å². The van der Waals surface area contributed by atoms with E-state index in [1.807, 2.05) is 91.0 Å². The molecule has 0 saturated heterocycles. The van der Waals surface area contributed by atoms with Crippen molar-refractivity contribution in [2.45, 2.75) is 18.0 Å². The Balaban J connectivity index is 1.54. The lowest BCUT2D eigenvalue weighted by Crippen LogP contribution is -2.30. The van der Waals surface area contributed by atoms with Crippen LogP contribution in [-0.4, -0.2) is 17.7 Å². The molecule has 2 N–H and O–H groups in total. The number of para-hydroxylation sites is 1. The van der Waals surface area contributed by atoms with Crippen LogP contribution in [0.3, 0.4) is 0 Å². The second kappa shape index (κ2) is 10.1. The summed E-state index contributed by atoms with van der Waals surface area (Å²) < 4.78 is 28.4. The predicted octanol–water partition coefficient (Wildman–Crippen LogP) is 4.91. The van der Waals surface area contributed by atoms with Crippen LogP contribution in [0.2, 0.25) is 0 Å². The maximum atomic E-state index is 13.5. The highest BCUT2D eigenvalue weighted by molar-refractivity contribution is 7.89. The van der Waals surface area contributed by atoms with Gasteiger partial charge < -0.3 is 0 Å². The van der Waals surface area contributed by atoms with Crippen LogP contribution in [0.4, 0.5) is 11.5 Å². The predicted molar refractivity (Wildman–Crippen MR) is 127 cm³/mol. The molecule has 4 rings (SSSR count). The maximum absolute atomic E-state index is 13.5. The molecule has 1 aromatic heterocycles. The minimum Gasteiger partial charge on any atom is -0.300 e. The Labute approximate surface area is 188 Å². The van der Waals surface area contributed by atoms with E-state index in [0.29, 0.717) is 5.82 Å². The van der Waals surface area contributed by atoms with Crippen molar-refractivity contribution in [2.75, 3.05) is 10.9 Å². The summed E-state index contributed by atoms with van der Waals surface area (Å²) in [6, 6.07) is 32.0. The molecule has 32 heavy (non-hydrogen) atoms. The first kappa shape index (κ1) is 21.5. The zero-order chi connectivity index (χ0) is 22.2. The average molecular weight is 445 g/mol. The SMILES string of the molecule is O=S(=O)(c1ccc(NNc2ccccc2)nc1)N(Cc1ccccc1)Cc1ccccc1. The van der Waals surface area contributed by atoms with Crippen LogP contribution in [-0.2, 0) is 23.1 Å². The Morgan fingerprint density at radius 3 is 1.69 bits per heavy atom. The molecule has 0 aliphatic rings. The van der Waals surface area contributed by atoms with Crippen LogP contribution in [0.1, 0.15) is 11.1 Å². The van der Waals surface area contributed by atoms with E-state index in [0.717, 1.165) is 16.8 Å². The Hall–Kier alpha value is -3.68. The molecule has 1 heterocycles. The van der Waals surface area contributed by atoms with Crippen molar-refractivity contribution >= 4 is 21.5 Å². The molecule has 0 amide bonds. The summed E-state index contributed by atoms with van der Waals surface area (Å²) in [6.07, 6.45) is 1.38. The van der Waals surface area contributed by atoms with E-state index in [9.17, 15) is 8.42 Å². The highest BCUT2D eigenvalue weighted by Gasteiger charge is 2.25. The fourth-order valence-electron chi connectivity index (χ4n) is 3.21. The van der Waals surface area contributed by atoms with Crippen molar-refractivity contribution in [3.8, 4) is 0 Å². The number of pyridine rings is 1. The zero-order valence-corrected chi connectivity index (χ0v) is 18.2. The molecular formula is C25H24N4O2S. The Morgan fingerprint density at radius 1 is 0.656 bits per heavy atom. The van der Waals surface area contributed by atoms with Gasteiger partial charge in [0, 0.05) is 19.3 Å². The molecular weight excluding hydrogens is 420 g/mol. The number of benzene rings is 3. The van der Waals surface area contributed by atoms with Gasteiger partial charge in [0.2, 0.25) is 10.0 Å². The smallest absolute Gasteiger partial charge is 0.245 e. The number of anilines is 2. The van der Waals surface area contributed by atoms with E-state index in [1.54, 1.807) is 12.1 Å². The molecule has 4 aromatic rings. The molecule has 0 aliphatic heterocycles. The summed E-state index contributed by atoms with van der Waals surface area (Å²) in [5.74, 6) is 0.519. The summed E-state index contributed by atoms with van der Waals surface area (Å²) in [5, 5.41) is 0. The fourth-order valence-corrected chi connectivity index (χ4v) is 4.58. The summed E-state index contributed by atoms with van der Waals surface area (Å²) in [5.41, 5.74) is 8.73. The van der Waals surface area contributed by atoms with Gasteiger partial charge in [-0.25, -0.2) is 13.4 Å². The van der Waals surface area contributed by atoms with Crippen molar-refractivity contribution in [2.24, 2.45) is 0 Å². The minimum absolute atomic E-state index is 0.148. The quantitative estimate of drug-likeness (QED) is 0.359. The van der Waals surface area contributed by atoms with Gasteiger partial charge in [0.15, 0.2) is 0 Å². The molecule has 0 saturated carbocycles. The number of hydrogen-bond acceptors (Lipinski definition) is 5. The number of sulfonamides is 1. The standard InChI is InChI=1S/C25H24N4O2S/c30-32(31,24-16-17-25(26-18-24)28-27-23-14-8-3-9-15-23)29(19-21-10-4-1-5-11-21)20-22-12-6-2-7-13-22/h1-18,27H,19-20H2,(H,26,28). The number of hydrogen-bond donors (Lipinski definition) is 2. The monoisotopic (exact) mass is 444 g/mol. The summed E-state index contributed by atoms with van der Waals surface area (Å²) in [7, 11) is -3.76. The topological polar surface area (TPSA) is 74.3 Å². The molecule has 0 fully saturated rings. The van der Waals surface area contributed by atoms with Gasteiger partial charge in [-0.2, -0.15) is 4.31 Å². The van der Waals surface area contributed by atoms with Gasteiger partial charge in [0.1, 0.15) is 10.7 Å². The number of aromatic nitrogens is 1. The Kier molecular flexibility index (Phi) is 6.79. The number of nitrogens with zero attached hydrogens (tertiary/aromatic N) is 2. The van der Waals surface area contributed by atoms with Crippen LogP contribution in [0, 0.1) is 0 Å². The summed E-state index contributed by atoms with van der Waals surface area (Å²) in [4.78, 5) is 4.42. The van der Waals surface area contributed by atoms with Crippen LogP contribution in [0.25, 0.3) is 0 Å². The Bertz CT molecular complexity index is 1180. The van der Waals surface area contributed by atoms with E-state index >= 15 is 0 Å². The van der Waals surface area contributed by atoms with E-state index in [4.69, 9.17) is 0 Å². The van der Waals surface area contributed by atoms with Gasteiger partial charge in [0.25, 0.3) is 0 Å². The van der Waals surface area contributed by atoms with Gasteiger partial charge in [-0.15, -0.1) is 0 Å². The lowest BCUT2D eigenvalue weighted by molar-refractivity contribution is 0.401. The highest BCUT2D eigenvalue weighted by Crippen LogP contribution is 2.22. The van der Waals surface area contributed by atoms with Crippen molar-refractivity contribution < 1.29 is 8.42 Å². The minimum atomic E-state index is -3.76. The van der Waals surface area contributed by atoms with E-state index < -0.39 is 10.0 Å². The van der Waals surface area contributed by atoms with E-state index in [-0.39, 0.29) is 18.0 Å². The molecule has 0 spiro atoms. The van der Waals surface area contributed by atoms with Crippen LogP contribution < -0.4 is 10.9 Å². The van der Waals surface area contributed by atoms with Gasteiger partial charge >= 0.3 is 0 Å². The molecule has 7 heteroatoms. The third kappa shape index (κ3) is 5.51. The molecule has 6 nitrogen and oxygen atoms in total. The molecule has 0 aliphatic carbocycles. The second-order valence-electron chi connectivity index (χ2n) is 7.24. The third-order valence-corrected chi connectivity index (χ3v) is 6.66. The van der Waals surface area contributed by atoms with Gasteiger partial charge in [-0.3, -0.25) is 10.9 Å². The fraction of sp³-hybridized carbons (Fsp3) is 0.0800. The molecule has 0 bridgehead atoms. The molecule has 0 atom stereocenters. The van der Waals surface area contributed by atoms with Gasteiger partial charge in [-0.05, 0) is 35.4 Å². The summed E-state index contributed by atoms with van der Waals surface area (Å²) in [6.45, 7) is 0.543. The first-order valence-electron chi connectivity index (χ1n) is 10.2. The van der Waals surface area contributed by atoms with Crippen molar-refractivity contribution in [3.63, 3.8) is 0 Å². The van der Waals surface area contributed by atoms with Crippen molar-refractivity contribution in [3.05, 3.63) is 120 Å².